The van der Waals surface area contributed by atoms with Crippen molar-refractivity contribution in [3.05, 3.63) is 88.5 Å². The third kappa shape index (κ3) is 5.15. The second-order valence-corrected chi connectivity index (χ2v) is 7.44. The molecule has 0 bridgehead atoms. The van der Waals surface area contributed by atoms with Crippen LogP contribution in [0.2, 0.25) is 0 Å². The van der Waals surface area contributed by atoms with Gasteiger partial charge in [0, 0.05) is 28.9 Å². The highest BCUT2D eigenvalue weighted by Gasteiger charge is 2.20. The molecule has 31 heavy (non-hydrogen) atoms. The average molecular weight is 421 g/mol. The molecule has 0 fully saturated rings. The molecule has 1 aromatic heterocycles. The Morgan fingerprint density at radius 2 is 1.58 bits per heavy atom. The summed E-state index contributed by atoms with van der Waals surface area (Å²) in [5.41, 5.74) is 3.56. The SMILES string of the molecule is Cc1ccc(C(=O)CCC(=O)OCC(=O)c2cc(C)n(-c3ccccc3F)c2C)cc1. The molecule has 0 aliphatic rings. The highest BCUT2D eigenvalue weighted by atomic mass is 19.1. The lowest BCUT2D eigenvalue weighted by molar-refractivity contribution is -0.142. The van der Waals surface area contributed by atoms with E-state index in [-0.39, 0.29) is 24.4 Å². The van der Waals surface area contributed by atoms with E-state index in [1.807, 2.05) is 19.1 Å². The number of carbonyl (C=O) groups is 3. The number of benzene rings is 2. The fourth-order valence-corrected chi connectivity index (χ4v) is 3.44. The molecule has 0 amide bonds. The standard InChI is InChI=1S/C25H24FNO4/c1-16-8-10-19(11-9-16)23(28)12-13-25(30)31-15-24(29)20-14-17(2)27(18(20)3)22-7-5-4-6-21(22)26/h4-11,14H,12-13,15H2,1-3H3. The van der Waals surface area contributed by atoms with Crippen molar-refractivity contribution < 1.29 is 23.5 Å². The Bertz CT molecular complexity index is 1130. The first-order valence-corrected chi connectivity index (χ1v) is 10.0. The van der Waals surface area contributed by atoms with Gasteiger partial charge in [-0.3, -0.25) is 14.4 Å². The smallest absolute Gasteiger partial charge is 0.306 e. The fourth-order valence-electron chi connectivity index (χ4n) is 3.44. The highest BCUT2D eigenvalue weighted by molar-refractivity contribution is 6.00. The van der Waals surface area contributed by atoms with E-state index >= 15 is 0 Å². The van der Waals surface area contributed by atoms with E-state index < -0.39 is 18.4 Å². The summed E-state index contributed by atoms with van der Waals surface area (Å²) in [4.78, 5) is 36.8. The van der Waals surface area contributed by atoms with Gasteiger partial charge in [0.05, 0.1) is 12.1 Å². The van der Waals surface area contributed by atoms with Gasteiger partial charge in [0.25, 0.3) is 0 Å². The summed E-state index contributed by atoms with van der Waals surface area (Å²) in [6.07, 6.45) is -0.0912. The second-order valence-electron chi connectivity index (χ2n) is 7.44. The number of ketones is 2. The van der Waals surface area contributed by atoms with E-state index in [9.17, 15) is 18.8 Å². The summed E-state index contributed by atoms with van der Waals surface area (Å²) in [5.74, 6) is -1.55. The Balaban J connectivity index is 1.59. The topological polar surface area (TPSA) is 65.4 Å². The zero-order chi connectivity index (χ0) is 22.5. The molecule has 0 N–H and O–H groups in total. The fraction of sp³-hybridized carbons (Fsp3) is 0.240. The van der Waals surface area contributed by atoms with Gasteiger partial charge >= 0.3 is 5.97 Å². The number of ether oxygens (including phenoxy) is 1. The van der Waals surface area contributed by atoms with Crippen LogP contribution < -0.4 is 0 Å². The van der Waals surface area contributed by atoms with E-state index in [1.165, 1.54) is 6.07 Å². The zero-order valence-corrected chi connectivity index (χ0v) is 17.8. The molecule has 0 atom stereocenters. The van der Waals surface area contributed by atoms with Crippen molar-refractivity contribution in [2.75, 3.05) is 6.61 Å². The molecular weight excluding hydrogens is 397 g/mol. The molecule has 1 heterocycles. The van der Waals surface area contributed by atoms with E-state index in [1.54, 1.807) is 54.8 Å². The summed E-state index contributed by atoms with van der Waals surface area (Å²) in [5, 5.41) is 0. The first-order valence-electron chi connectivity index (χ1n) is 10.0. The average Bonchev–Trinajstić information content (AvgIpc) is 3.05. The Hall–Kier alpha value is -3.54. The van der Waals surface area contributed by atoms with Gasteiger partial charge in [0.15, 0.2) is 12.4 Å². The molecule has 0 aliphatic carbocycles. The summed E-state index contributed by atoms with van der Waals surface area (Å²) >= 11 is 0. The van der Waals surface area contributed by atoms with Gasteiger partial charge < -0.3 is 9.30 Å². The maximum atomic E-state index is 14.2. The molecule has 2 aromatic carbocycles. The van der Waals surface area contributed by atoms with E-state index in [2.05, 4.69) is 0 Å². The predicted octanol–water partition coefficient (Wildman–Crippen LogP) is 4.93. The van der Waals surface area contributed by atoms with Gasteiger partial charge in [0.1, 0.15) is 5.82 Å². The number of para-hydroxylation sites is 1. The monoisotopic (exact) mass is 421 g/mol. The number of nitrogens with zero attached hydrogens (tertiary/aromatic N) is 1. The van der Waals surface area contributed by atoms with Crippen LogP contribution in [-0.2, 0) is 9.53 Å². The molecule has 5 nitrogen and oxygen atoms in total. The lowest BCUT2D eigenvalue weighted by atomic mass is 10.1. The first kappa shape index (κ1) is 22.2. The lowest BCUT2D eigenvalue weighted by Gasteiger charge is -2.11. The van der Waals surface area contributed by atoms with Crippen molar-refractivity contribution in [3.8, 4) is 5.69 Å². The molecule has 0 saturated carbocycles. The molecule has 0 spiro atoms. The number of hydrogen-bond donors (Lipinski definition) is 0. The summed E-state index contributed by atoms with van der Waals surface area (Å²) < 4.78 is 20.9. The first-order chi connectivity index (χ1) is 14.8. The largest absolute Gasteiger partial charge is 0.457 e. The summed E-state index contributed by atoms with van der Waals surface area (Å²) in [7, 11) is 0. The van der Waals surface area contributed by atoms with E-state index in [4.69, 9.17) is 4.74 Å². The number of esters is 1. The van der Waals surface area contributed by atoms with Crippen molar-refractivity contribution in [1.82, 2.24) is 4.57 Å². The van der Waals surface area contributed by atoms with Crippen LogP contribution >= 0.6 is 0 Å². The van der Waals surface area contributed by atoms with Gasteiger partial charge in [-0.1, -0.05) is 42.0 Å². The van der Waals surface area contributed by atoms with Crippen molar-refractivity contribution in [2.45, 2.75) is 33.6 Å². The van der Waals surface area contributed by atoms with Crippen molar-refractivity contribution in [2.24, 2.45) is 0 Å². The van der Waals surface area contributed by atoms with Gasteiger partial charge in [-0.05, 0) is 39.0 Å². The third-order valence-corrected chi connectivity index (χ3v) is 5.12. The van der Waals surface area contributed by atoms with Crippen molar-refractivity contribution in [1.29, 1.82) is 0 Å². The maximum Gasteiger partial charge on any atom is 0.306 e. The molecular formula is C25H24FNO4. The number of Topliss-reactive ketones (excluding diaryl/α,β-unsaturated/α-hetero) is 2. The number of aryl methyl sites for hydroxylation is 2. The lowest BCUT2D eigenvalue weighted by Crippen LogP contribution is -2.15. The Labute approximate surface area is 180 Å². The second kappa shape index (κ2) is 9.51. The highest BCUT2D eigenvalue weighted by Crippen LogP contribution is 2.23. The molecule has 3 aromatic rings. The summed E-state index contributed by atoms with van der Waals surface area (Å²) in [6, 6.07) is 15.1. The minimum Gasteiger partial charge on any atom is -0.457 e. The van der Waals surface area contributed by atoms with Crippen LogP contribution in [0.15, 0.2) is 54.6 Å². The van der Waals surface area contributed by atoms with Crippen LogP contribution in [0.3, 0.4) is 0 Å². The summed E-state index contributed by atoms with van der Waals surface area (Å²) in [6.45, 7) is 4.99. The number of rotatable bonds is 8. The molecule has 3 rings (SSSR count). The number of hydrogen-bond acceptors (Lipinski definition) is 4. The Kier molecular flexibility index (Phi) is 6.80. The number of halogens is 1. The number of aromatic nitrogens is 1. The van der Waals surface area contributed by atoms with Gasteiger partial charge in [-0.2, -0.15) is 0 Å². The molecule has 160 valence electrons. The molecule has 0 aliphatic heterocycles. The van der Waals surface area contributed by atoms with Crippen LogP contribution in [-0.4, -0.2) is 28.7 Å². The van der Waals surface area contributed by atoms with Crippen LogP contribution in [0, 0.1) is 26.6 Å². The van der Waals surface area contributed by atoms with Crippen molar-refractivity contribution in [3.63, 3.8) is 0 Å². The predicted molar refractivity (Wildman–Crippen MR) is 115 cm³/mol. The normalized spacial score (nSPS) is 10.7. The van der Waals surface area contributed by atoms with Crippen LogP contribution in [0.1, 0.15) is 50.5 Å². The van der Waals surface area contributed by atoms with E-state index in [0.717, 1.165) is 5.56 Å². The molecule has 0 radical (unpaired) electrons. The van der Waals surface area contributed by atoms with Crippen molar-refractivity contribution >= 4 is 17.5 Å². The maximum absolute atomic E-state index is 14.2. The molecule has 0 unspecified atom stereocenters. The zero-order valence-electron chi connectivity index (χ0n) is 17.8. The Morgan fingerprint density at radius 3 is 2.26 bits per heavy atom. The molecule has 0 saturated heterocycles. The van der Waals surface area contributed by atoms with E-state index in [0.29, 0.717) is 28.2 Å². The van der Waals surface area contributed by atoms with Crippen LogP contribution in [0.4, 0.5) is 4.39 Å². The third-order valence-electron chi connectivity index (χ3n) is 5.12. The molecule has 6 heteroatoms. The van der Waals surface area contributed by atoms with Crippen LogP contribution in [0.5, 0.6) is 0 Å². The minimum atomic E-state index is -0.614. The number of carbonyl (C=O) groups excluding carboxylic acids is 3. The Morgan fingerprint density at radius 1 is 0.903 bits per heavy atom. The van der Waals surface area contributed by atoms with Gasteiger partial charge in [-0.15, -0.1) is 0 Å². The minimum absolute atomic E-state index is 0.0118. The van der Waals surface area contributed by atoms with Crippen LogP contribution in [0.25, 0.3) is 5.69 Å². The van der Waals surface area contributed by atoms with Gasteiger partial charge in [0.2, 0.25) is 5.78 Å². The quantitative estimate of drug-likeness (QED) is 0.382. The van der Waals surface area contributed by atoms with Gasteiger partial charge in [-0.25, -0.2) is 4.39 Å².